The highest BCUT2D eigenvalue weighted by molar-refractivity contribution is 6.02. The van der Waals surface area contributed by atoms with Crippen molar-refractivity contribution in [3.8, 4) is 0 Å². The van der Waals surface area contributed by atoms with Gasteiger partial charge in [-0.05, 0) is 55.7 Å². The number of aliphatic hydroxyl groups is 1. The molecule has 0 saturated heterocycles. The van der Waals surface area contributed by atoms with Crippen molar-refractivity contribution in [1.29, 1.82) is 0 Å². The van der Waals surface area contributed by atoms with Gasteiger partial charge in [-0.2, -0.15) is 13.2 Å². The molecule has 2 aromatic carbocycles. The molecule has 1 aliphatic carbocycles. The summed E-state index contributed by atoms with van der Waals surface area (Å²) in [6.07, 6.45) is -2.69. The van der Waals surface area contributed by atoms with Gasteiger partial charge in [0.1, 0.15) is 0 Å². The summed E-state index contributed by atoms with van der Waals surface area (Å²) in [5.74, 6) is 6.08. The number of hydrogen-bond acceptors (Lipinski definition) is 5. The molecule has 6 nitrogen and oxygen atoms in total. The van der Waals surface area contributed by atoms with E-state index in [1.54, 1.807) is 24.3 Å². The molecule has 0 aromatic heterocycles. The Morgan fingerprint density at radius 3 is 2.16 bits per heavy atom. The van der Waals surface area contributed by atoms with Crippen LogP contribution in [0.4, 0.5) is 24.5 Å². The summed E-state index contributed by atoms with van der Waals surface area (Å²) in [7, 11) is 0. The van der Waals surface area contributed by atoms with Crippen LogP contribution in [-0.4, -0.2) is 28.2 Å². The van der Waals surface area contributed by atoms with Gasteiger partial charge in [-0.3, -0.25) is 0 Å². The molecule has 0 bridgehead atoms. The lowest BCUT2D eigenvalue weighted by atomic mass is 10.1. The average Bonchev–Trinajstić information content (AvgIpc) is 3.22. The van der Waals surface area contributed by atoms with Gasteiger partial charge in [0.15, 0.2) is 5.84 Å². The Hall–Kier alpha value is -2.78. The zero-order chi connectivity index (χ0) is 24.3. The Bertz CT molecular complexity index is 840. The second kappa shape index (κ2) is 12.9. The Labute approximate surface area is 188 Å². The van der Waals surface area contributed by atoms with Crippen molar-refractivity contribution >= 4 is 17.2 Å². The topological polar surface area (TPSA) is 99.9 Å². The molecule has 1 fully saturated rings. The molecule has 6 N–H and O–H groups in total. The van der Waals surface area contributed by atoms with Crippen molar-refractivity contribution in [2.24, 2.45) is 16.7 Å². The van der Waals surface area contributed by atoms with E-state index in [2.05, 4.69) is 10.4 Å². The maximum Gasteiger partial charge on any atom is 0.416 e. The molecule has 0 aliphatic heterocycles. The lowest BCUT2D eigenvalue weighted by Crippen LogP contribution is -2.43. The number of anilines is 2. The van der Waals surface area contributed by atoms with E-state index in [-0.39, 0.29) is 11.9 Å². The zero-order valence-electron chi connectivity index (χ0n) is 19.0. The summed E-state index contributed by atoms with van der Waals surface area (Å²) in [5, 5.41) is 18.4. The van der Waals surface area contributed by atoms with E-state index in [0.717, 1.165) is 25.0 Å². The normalized spacial score (nSPS) is 18.1. The molecule has 1 saturated carbocycles. The molecule has 0 spiro atoms. The number of halogens is 3. The van der Waals surface area contributed by atoms with Crippen LogP contribution >= 0.6 is 0 Å². The van der Waals surface area contributed by atoms with Crippen LogP contribution in [0.15, 0.2) is 53.6 Å². The number of alkyl halides is 3. The minimum absolute atomic E-state index is 0.136. The number of aliphatic hydroxyl groups excluding tert-OH is 1. The quantitative estimate of drug-likeness (QED) is 0.216. The molecule has 9 heteroatoms. The van der Waals surface area contributed by atoms with Crippen LogP contribution < -0.4 is 16.9 Å². The monoisotopic (exact) mass is 453 g/mol. The Balaban J connectivity index is 0.00000121. The van der Waals surface area contributed by atoms with Crippen molar-refractivity contribution in [1.82, 2.24) is 5.12 Å². The summed E-state index contributed by atoms with van der Waals surface area (Å²) in [6.45, 7) is 8.00. The van der Waals surface area contributed by atoms with Gasteiger partial charge in [0.05, 0.1) is 17.7 Å². The van der Waals surface area contributed by atoms with Crippen molar-refractivity contribution < 1.29 is 18.3 Å². The van der Waals surface area contributed by atoms with Gasteiger partial charge in [0.2, 0.25) is 0 Å². The van der Waals surface area contributed by atoms with Gasteiger partial charge in [0.25, 0.3) is 0 Å². The predicted molar refractivity (Wildman–Crippen MR) is 124 cm³/mol. The molecule has 2 atom stereocenters. The molecular weight excluding hydrogens is 419 g/mol. The Morgan fingerprint density at radius 1 is 1.03 bits per heavy atom. The Kier molecular flexibility index (Phi) is 11.0. The summed E-state index contributed by atoms with van der Waals surface area (Å²) < 4.78 is 38.1. The smallest absolute Gasteiger partial charge is 0.391 e. The lowest BCUT2D eigenvalue weighted by Gasteiger charge is -2.24. The molecule has 0 heterocycles. The molecule has 0 radical (unpaired) electrons. The number of nitrogens with zero attached hydrogens (tertiary/aromatic N) is 2. The van der Waals surface area contributed by atoms with E-state index < -0.39 is 17.8 Å². The van der Waals surface area contributed by atoms with E-state index >= 15 is 0 Å². The largest absolute Gasteiger partial charge is 0.416 e. The number of nitrogens with one attached hydrogen (secondary N) is 1. The predicted octanol–water partition coefficient (Wildman–Crippen LogP) is 5.21. The second-order valence-electron chi connectivity index (χ2n) is 6.68. The van der Waals surface area contributed by atoms with Gasteiger partial charge in [0, 0.05) is 16.9 Å². The van der Waals surface area contributed by atoms with E-state index in [9.17, 15) is 18.3 Å². The third kappa shape index (κ3) is 7.42. The maximum absolute atomic E-state index is 12.7. The fraction of sp³-hybridized carbons (Fsp3) is 0.435. The van der Waals surface area contributed by atoms with Crippen LogP contribution in [0.1, 0.15) is 58.1 Å². The first-order chi connectivity index (χ1) is 15.3. The van der Waals surface area contributed by atoms with Crippen LogP contribution in [0.5, 0.6) is 0 Å². The van der Waals surface area contributed by atoms with E-state index in [1.165, 1.54) is 17.3 Å². The highest BCUT2D eigenvalue weighted by Crippen LogP contribution is 2.31. The first-order valence-corrected chi connectivity index (χ1v) is 10.9. The van der Waals surface area contributed by atoms with E-state index in [4.69, 9.17) is 11.6 Å². The second-order valence-corrected chi connectivity index (χ2v) is 6.68. The van der Waals surface area contributed by atoms with E-state index in [0.29, 0.717) is 23.4 Å². The summed E-state index contributed by atoms with van der Waals surface area (Å²) in [4.78, 5) is 0. The first kappa shape index (κ1) is 27.3. The number of hydrazone groups is 1. The van der Waals surface area contributed by atoms with Gasteiger partial charge in [-0.1, -0.05) is 39.8 Å². The van der Waals surface area contributed by atoms with Crippen molar-refractivity contribution in [3.05, 3.63) is 59.7 Å². The number of amidine groups is 1. The van der Waals surface area contributed by atoms with Crippen LogP contribution in [0, 0.1) is 0 Å². The maximum atomic E-state index is 12.7. The van der Waals surface area contributed by atoms with Crippen molar-refractivity contribution in [2.45, 2.75) is 65.3 Å². The molecule has 2 unspecified atom stereocenters. The standard InChI is InChI=1S/C19H22F3N5O.2C2H6/c20-19(21,22)12-8-10-13(11-9-12)25-15-5-2-1-4-14(15)18(23)26-27(24)16-6-3-7-17(16)28;2*1-2/h1-2,4-5,8-11,16-17,25,28H,3,6-7,24H2,(H2,23,26);2*1-2H3. The number of rotatable bonds is 5. The van der Waals surface area contributed by atoms with Crippen molar-refractivity contribution in [2.75, 3.05) is 5.32 Å². The molecular formula is C23H34F3N5O. The summed E-state index contributed by atoms with van der Waals surface area (Å²) in [5.41, 5.74) is 6.98. The highest BCUT2D eigenvalue weighted by atomic mass is 19.4. The molecule has 32 heavy (non-hydrogen) atoms. The highest BCUT2D eigenvalue weighted by Gasteiger charge is 2.30. The van der Waals surface area contributed by atoms with Crippen LogP contribution in [-0.2, 0) is 6.18 Å². The average molecular weight is 454 g/mol. The minimum atomic E-state index is -4.39. The first-order valence-electron chi connectivity index (χ1n) is 10.9. The van der Waals surface area contributed by atoms with Gasteiger partial charge in [-0.25, -0.2) is 11.0 Å². The number of para-hydroxylation sites is 1. The van der Waals surface area contributed by atoms with Crippen LogP contribution in [0.3, 0.4) is 0 Å². The third-order valence-electron chi connectivity index (χ3n) is 4.70. The number of benzene rings is 2. The van der Waals surface area contributed by atoms with Crippen LogP contribution in [0.2, 0.25) is 0 Å². The number of hydrazine groups is 1. The van der Waals surface area contributed by atoms with Gasteiger partial charge in [-0.15, -0.1) is 5.10 Å². The minimum Gasteiger partial charge on any atom is -0.391 e. The van der Waals surface area contributed by atoms with Gasteiger partial charge < -0.3 is 16.2 Å². The van der Waals surface area contributed by atoms with E-state index in [1.807, 2.05) is 27.7 Å². The number of hydrogen-bond donors (Lipinski definition) is 4. The fourth-order valence-electron chi connectivity index (χ4n) is 3.20. The fourth-order valence-corrected chi connectivity index (χ4v) is 3.20. The lowest BCUT2D eigenvalue weighted by molar-refractivity contribution is -0.137. The van der Waals surface area contributed by atoms with Gasteiger partial charge >= 0.3 is 6.18 Å². The molecule has 1 aliphatic rings. The zero-order valence-corrected chi connectivity index (χ0v) is 19.0. The molecule has 178 valence electrons. The Morgan fingerprint density at radius 2 is 1.62 bits per heavy atom. The molecule has 3 rings (SSSR count). The summed E-state index contributed by atoms with van der Waals surface area (Å²) >= 11 is 0. The number of nitrogens with two attached hydrogens (primary N) is 2. The van der Waals surface area contributed by atoms with Crippen molar-refractivity contribution in [3.63, 3.8) is 0 Å². The third-order valence-corrected chi connectivity index (χ3v) is 4.70. The summed E-state index contributed by atoms with van der Waals surface area (Å²) in [6, 6.07) is 11.4. The SMILES string of the molecule is CC.CC.N/C(=N\N(N)C1CCCC1O)c1ccccc1Nc1ccc(C(F)(F)F)cc1. The molecule has 2 aromatic rings. The molecule has 0 amide bonds. The van der Waals surface area contributed by atoms with Crippen LogP contribution in [0.25, 0.3) is 0 Å².